The van der Waals surface area contributed by atoms with E-state index in [-0.39, 0.29) is 17.1 Å². The van der Waals surface area contributed by atoms with Crippen LogP contribution in [0.4, 0.5) is 0 Å². The van der Waals surface area contributed by atoms with Gasteiger partial charge in [0.25, 0.3) is 0 Å². The van der Waals surface area contributed by atoms with Crippen LogP contribution >= 0.6 is 0 Å². The Kier molecular flexibility index (Phi) is 7.21. The van der Waals surface area contributed by atoms with Crippen LogP contribution in [0, 0.1) is 5.41 Å². The number of hydrogen-bond acceptors (Lipinski definition) is 6. The second-order valence-corrected chi connectivity index (χ2v) is 8.71. The van der Waals surface area contributed by atoms with Crippen LogP contribution in [0.15, 0.2) is 36.4 Å². The average molecular weight is 427 g/mol. The summed E-state index contributed by atoms with van der Waals surface area (Å²) in [5.74, 6) is -0.561. The molecule has 166 valence electrons. The van der Waals surface area contributed by atoms with Gasteiger partial charge in [0.1, 0.15) is 17.2 Å². The predicted molar refractivity (Wildman–Crippen MR) is 117 cm³/mol. The first-order valence-corrected chi connectivity index (χ1v) is 10.7. The number of fused-ring (bicyclic) bond motifs is 1. The van der Waals surface area contributed by atoms with E-state index >= 15 is 0 Å². The number of hydrogen-bond donors (Lipinski definition) is 2. The summed E-state index contributed by atoms with van der Waals surface area (Å²) >= 11 is 0. The number of esters is 1. The van der Waals surface area contributed by atoms with E-state index in [4.69, 9.17) is 9.47 Å². The van der Waals surface area contributed by atoms with Gasteiger partial charge in [-0.3, -0.25) is 9.59 Å². The molecule has 0 bridgehead atoms. The Morgan fingerprint density at radius 2 is 1.65 bits per heavy atom. The lowest BCUT2D eigenvalue weighted by Gasteiger charge is -2.22. The minimum Gasteiger partial charge on any atom is -0.508 e. The van der Waals surface area contributed by atoms with Crippen LogP contribution in [0.25, 0.3) is 0 Å². The van der Waals surface area contributed by atoms with E-state index in [1.54, 1.807) is 13.8 Å². The van der Waals surface area contributed by atoms with Crippen molar-refractivity contribution in [3.63, 3.8) is 0 Å². The van der Waals surface area contributed by atoms with Crippen molar-refractivity contribution in [1.82, 2.24) is 0 Å². The highest BCUT2D eigenvalue weighted by atomic mass is 16.5. The van der Waals surface area contributed by atoms with Crippen molar-refractivity contribution in [3.05, 3.63) is 53.1 Å². The molecule has 0 aliphatic heterocycles. The Labute approximate surface area is 182 Å². The molecule has 0 atom stereocenters. The highest BCUT2D eigenvalue weighted by molar-refractivity contribution is 5.98. The van der Waals surface area contributed by atoms with Crippen LogP contribution in [-0.2, 0) is 22.4 Å². The van der Waals surface area contributed by atoms with Crippen LogP contribution in [-0.4, -0.2) is 35.2 Å². The number of rotatable bonds is 9. The molecule has 0 amide bonds. The lowest BCUT2D eigenvalue weighted by molar-refractivity contribution is -0.153. The molecule has 0 unspecified atom stereocenters. The molecule has 1 aliphatic rings. The smallest absolute Gasteiger partial charge is 0.311 e. The lowest BCUT2D eigenvalue weighted by atomic mass is 9.88. The number of ether oxygens (including phenoxy) is 2. The van der Waals surface area contributed by atoms with Crippen LogP contribution < -0.4 is 4.74 Å². The number of ketones is 1. The summed E-state index contributed by atoms with van der Waals surface area (Å²) in [7, 11) is 0. The summed E-state index contributed by atoms with van der Waals surface area (Å²) in [5.41, 5.74) is 2.11. The molecule has 0 spiro atoms. The molecule has 0 saturated heterocycles. The third-order valence-electron chi connectivity index (χ3n) is 5.65. The van der Waals surface area contributed by atoms with E-state index in [2.05, 4.69) is 12.1 Å². The molecule has 0 heterocycles. The normalized spacial score (nSPS) is 13.4. The fraction of sp³-hybridized carbons (Fsp3) is 0.440. The number of Topliss-reactive ketones (excluding diaryl/α,β-unsaturated/α-hetero) is 1. The first kappa shape index (κ1) is 22.7. The summed E-state index contributed by atoms with van der Waals surface area (Å²) in [6.07, 6.45) is 5.95. The highest BCUT2D eigenvalue weighted by Gasteiger charge is 2.29. The maximum absolute atomic E-state index is 12.4. The maximum Gasteiger partial charge on any atom is 0.311 e. The van der Waals surface area contributed by atoms with Gasteiger partial charge in [0.2, 0.25) is 5.78 Å². The van der Waals surface area contributed by atoms with Gasteiger partial charge in [-0.05, 0) is 87.8 Å². The van der Waals surface area contributed by atoms with Crippen molar-refractivity contribution in [2.24, 2.45) is 5.41 Å². The van der Waals surface area contributed by atoms with Crippen LogP contribution in [0.2, 0.25) is 0 Å². The van der Waals surface area contributed by atoms with E-state index in [1.807, 2.05) is 6.07 Å². The zero-order valence-corrected chi connectivity index (χ0v) is 18.1. The quantitative estimate of drug-likeness (QED) is 0.346. The van der Waals surface area contributed by atoms with Crippen molar-refractivity contribution < 1.29 is 29.3 Å². The second kappa shape index (κ2) is 9.86. The molecule has 6 nitrogen and oxygen atoms in total. The summed E-state index contributed by atoms with van der Waals surface area (Å²) in [4.78, 5) is 24.6. The molecular formula is C25H30O6. The molecule has 31 heavy (non-hydrogen) atoms. The molecule has 2 aromatic carbocycles. The van der Waals surface area contributed by atoms with Gasteiger partial charge < -0.3 is 19.7 Å². The topological polar surface area (TPSA) is 93.1 Å². The van der Waals surface area contributed by atoms with E-state index in [0.29, 0.717) is 19.4 Å². The average Bonchev–Trinajstić information content (AvgIpc) is 2.74. The van der Waals surface area contributed by atoms with Gasteiger partial charge in [-0.2, -0.15) is 0 Å². The van der Waals surface area contributed by atoms with Crippen LogP contribution in [0.3, 0.4) is 0 Å². The van der Waals surface area contributed by atoms with Crippen molar-refractivity contribution in [3.8, 4) is 17.2 Å². The Morgan fingerprint density at radius 1 is 0.968 bits per heavy atom. The zero-order valence-electron chi connectivity index (χ0n) is 18.1. The number of benzene rings is 2. The largest absolute Gasteiger partial charge is 0.508 e. The Morgan fingerprint density at radius 3 is 2.35 bits per heavy atom. The molecule has 1 aliphatic carbocycles. The Balaban J connectivity index is 1.43. The third kappa shape index (κ3) is 6.23. The van der Waals surface area contributed by atoms with Crippen molar-refractivity contribution in [2.45, 2.75) is 52.4 Å². The molecule has 2 N–H and O–H groups in total. The third-order valence-corrected chi connectivity index (χ3v) is 5.65. The molecule has 0 saturated carbocycles. The molecular weight excluding hydrogens is 396 g/mol. The van der Waals surface area contributed by atoms with E-state index in [0.717, 1.165) is 24.7 Å². The van der Waals surface area contributed by atoms with Gasteiger partial charge in [-0.25, -0.2) is 0 Å². The minimum atomic E-state index is -0.763. The second-order valence-electron chi connectivity index (χ2n) is 8.71. The molecule has 0 aromatic heterocycles. The molecule has 0 fully saturated rings. The number of carbonyl (C=O) groups excluding carboxylic acids is 2. The summed E-state index contributed by atoms with van der Waals surface area (Å²) in [6.45, 7) is 3.60. The zero-order chi connectivity index (χ0) is 22.4. The number of aromatic hydroxyl groups is 2. The molecule has 0 radical (unpaired) electrons. The van der Waals surface area contributed by atoms with E-state index in [1.165, 1.54) is 36.1 Å². The SMILES string of the molecule is CC(C)(CCCOc1ccc2c(c1)CCCC2)C(=O)OCC(=O)c1cc(O)cc(O)c1. The fourth-order valence-corrected chi connectivity index (χ4v) is 3.77. The van der Waals surface area contributed by atoms with Gasteiger partial charge in [0.15, 0.2) is 6.61 Å². The van der Waals surface area contributed by atoms with Crippen molar-refractivity contribution in [1.29, 1.82) is 0 Å². The van der Waals surface area contributed by atoms with E-state index in [9.17, 15) is 19.8 Å². The number of aryl methyl sites for hydroxylation is 2. The first-order chi connectivity index (χ1) is 14.7. The maximum atomic E-state index is 12.4. The standard InChI is InChI=1S/C25H30O6/c1-25(2,24(29)31-16-23(28)19-12-20(26)15-21(27)13-19)10-5-11-30-22-9-8-17-6-3-4-7-18(17)14-22/h8-9,12-15,26-27H,3-7,10-11,16H2,1-2H3. The minimum absolute atomic E-state index is 0.0848. The fourth-order valence-electron chi connectivity index (χ4n) is 3.77. The number of carbonyl (C=O) groups is 2. The van der Waals surface area contributed by atoms with Gasteiger partial charge in [-0.1, -0.05) is 6.07 Å². The van der Waals surface area contributed by atoms with Gasteiger partial charge in [0, 0.05) is 11.6 Å². The van der Waals surface area contributed by atoms with Gasteiger partial charge in [-0.15, -0.1) is 0 Å². The Hall–Kier alpha value is -3.02. The van der Waals surface area contributed by atoms with Crippen molar-refractivity contribution >= 4 is 11.8 Å². The summed E-state index contributed by atoms with van der Waals surface area (Å²) < 4.78 is 11.1. The van der Waals surface area contributed by atoms with Crippen LogP contribution in [0.5, 0.6) is 17.2 Å². The number of phenolic OH excluding ortho intramolecular Hbond substituents is 2. The van der Waals surface area contributed by atoms with Crippen LogP contribution in [0.1, 0.15) is 61.0 Å². The molecule has 6 heteroatoms. The lowest BCUT2D eigenvalue weighted by Crippen LogP contribution is -2.29. The molecule has 2 aromatic rings. The number of phenols is 2. The first-order valence-electron chi connectivity index (χ1n) is 10.7. The molecule has 3 rings (SSSR count). The highest BCUT2D eigenvalue weighted by Crippen LogP contribution is 2.27. The van der Waals surface area contributed by atoms with Gasteiger partial charge >= 0.3 is 5.97 Å². The van der Waals surface area contributed by atoms with Gasteiger partial charge in [0.05, 0.1) is 12.0 Å². The summed E-state index contributed by atoms with van der Waals surface area (Å²) in [5, 5.41) is 19.0. The Bertz CT molecular complexity index is 927. The van der Waals surface area contributed by atoms with E-state index < -0.39 is 23.8 Å². The monoisotopic (exact) mass is 426 g/mol. The van der Waals surface area contributed by atoms with Crippen molar-refractivity contribution in [2.75, 3.05) is 13.2 Å². The summed E-state index contributed by atoms with van der Waals surface area (Å²) in [6, 6.07) is 9.84. The predicted octanol–water partition coefficient (Wildman–Crippen LogP) is 4.59.